The highest BCUT2D eigenvalue weighted by molar-refractivity contribution is 7.08. The molecule has 0 spiro atoms. The summed E-state index contributed by atoms with van der Waals surface area (Å²) in [5, 5.41) is 10.7. The van der Waals surface area contributed by atoms with Crippen molar-refractivity contribution in [2.24, 2.45) is 7.05 Å². The van der Waals surface area contributed by atoms with Gasteiger partial charge in [0.05, 0.1) is 17.6 Å². The number of nitrogens with zero attached hydrogens (tertiary/aromatic N) is 4. The van der Waals surface area contributed by atoms with Gasteiger partial charge >= 0.3 is 0 Å². The number of anilines is 2. The standard InChI is InChI=1S/C11H16N6OS/c1-11(2,3)8-7(19-16-15-8)10(18)14-9-6(12)5-13-17(9)4/h5H,12H2,1-4H3,(H,14,18). The second-order valence-electron chi connectivity index (χ2n) is 5.23. The Balaban J connectivity index is 2.29. The van der Waals surface area contributed by atoms with E-state index in [1.54, 1.807) is 7.05 Å². The Morgan fingerprint density at radius 3 is 2.68 bits per heavy atom. The molecule has 19 heavy (non-hydrogen) atoms. The summed E-state index contributed by atoms with van der Waals surface area (Å²) >= 11 is 1.07. The van der Waals surface area contributed by atoms with Crippen molar-refractivity contribution >= 4 is 28.9 Å². The minimum absolute atomic E-state index is 0.238. The number of hydrogen-bond donors (Lipinski definition) is 2. The summed E-state index contributed by atoms with van der Waals surface area (Å²) in [6.07, 6.45) is 1.49. The van der Waals surface area contributed by atoms with Crippen LogP contribution in [-0.2, 0) is 12.5 Å². The molecule has 0 aliphatic rings. The molecule has 0 aliphatic heterocycles. The SMILES string of the molecule is Cn1ncc(N)c1NC(=O)c1snnc1C(C)(C)C. The molecule has 0 saturated heterocycles. The maximum atomic E-state index is 12.3. The van der Waals surface area contributed by atoms with Crippen LogP contribution in [0, 0.1) is 0 Å². The lowest BCUT2D eigenvalue weighted by Gasteiger charge is -2.16. The van der Waals surface area contributed by atoms with Crippen LogP contribution in [0.1, 0.15) is 36.1 Å². The molecule has 1 amide bonds. The van der Waals surface area contributed by atoms with E-state index >= 15 is 0 Å². The van der Waals surface area contributed by atoms with Crippen LogP contribution in [0.25, 0.3) is 0 Å². The average Bonchev–Trinajstić information content (AvgIpc) is 2.90. The van der Waals surface area contributed by atoms with E-state index in [-0.39, 0.29) is 11.3 Å². The molecule has 102 valence electrons. The topological polar surface area (TPSA) is 98.7 Å². The Kier molecular flexibility index (Phi) is 3.27. The van der Waals surface area contributed by atoms with Crippen molar-refractivity contribution in [2.45, 2.75) is 26.2 Å². The van der Waals surface area contributed by atoms with Gasteiger partial charge in [0.25, 0.3) is 5.91 Å². The molecule has 0 bridgehead atoms. The van der Waals surface area contributed by atoms with Crippen LogP contribution < -0.4 is 11.1 Å². The molecule has 0 aliphatic carbocycles. The van der Waals surface area contributed by atoms with Gasteiger partial charge in [-0.2, -0.15) is 5.10 Å². The highest BCUT2D eigenvalue weighted by Gasteiger charge is 2.27. The summed E-state index contributed by atoms with van der Waals surface area (Å²) in [7, 11) is 1.71. The fourth-order valence-electron chi connectivity index (χ4n) is 1.60. The van der Waals surface area contributed by atoms with Gasteiger partial charge in [-0.05, 0) is 11.5 Å². The number of amides is 1. The number of aromatic nitrogens is 4. The predicted molar refractivity (Wildman–Crippen MR) is 74.2 cm³/mol. The smallest absolute Gasteiger partial charge is 0.270 e. The van der Waals surface area contributed by atoms with E-state index in [0.29, 0.717) is 22.1 Å². The van der Waals surface area contributed by atoms with Gasteiger partial charge in [0.2, 0.25) is 0 Å². The summed E-state index contributed by atoms with van der Waals surface area (Å²) < 4.78 is 5.37. The molecular weight excluding hydrogens is 264 g/mol. The van der Waals surface area contributed by atoms with Gasteiger partial charge in [-0.25, -0.2) is 0 Å². The zero-order valence-corrected chi connectivity index (χ0v) is 12.1. The lowest BCUT2D eigenvalue weighted by molar-refractivity contribution is 0.102. The minimum Gasteiger partial charge on any atom is -0.394 e. The van der Waals surface area contributed by atoms with Crippen LogP contribution in [0.5, 0.6) is 0 Å². The van der Waals surface area contributed by atoms with Crippen LogP contribution in [-0.4, -0.2) is 25.3 Å². The maximum absolute atomic E-state index is 12.3. The normalized spacial score (nSPS) is 11.6. The monoisotopic (exact) mass is 280 g/mol. The second kappa shape index (κ2) is 4.61. The van der Waals surface area contributed by atoms with Gasteiger partial charge in [-0.3, -0.25) is 9.48 Å². The lowest BCUT2D eigenvalue weighted by atomic mass is 9.91. The van der Waals surface area contributed by atoms with E-state index in [9.17, 15) is 4.79 Å². The highest BCUT2D eigenvalue weighted by Crippen LogP contribution is 2.27. The van der Waals surface area contributed by atoms with E-state index in [1.165, 1.54) is 10.9 Å². The molecule has 2 aromatic rings. The fraction of sp³-hybridized carbons (Fsp3) is 0.455. The molecule has 8 heteroatoms. The Hall–Kier alpha value is -1.96. The Labute approximate surface area is 115 Å². The first-order valence-electron chi connectivity index (χ1n) is 5.72. The summed E-state index contributed by atoms with van der Waals surface area (Å²) in [5.41, 5.74) is 6.60. The van der Waals surface area contributed by atoms with Crippen LogP contribution in [0.4, 0.5) is 11.5 Å². The van der Waals surface area contributed by atoms with E-state index in [1.807, 2.05) is 20.8 Å². The van der Waals surface area contributed by atoms with Gasteiger partial charge in [0, 0.05) is 12.5 Å². The molecule has 0 saturated carbocycles. The zero-order valence-electron chi connectivity index (χ0n) is 11.3. The lowest BCUT2D eigenvalue weighted by Crippen LogP contribution is -2.21. The first kappa shape index (κ1) is 13.5. The second-order valence-corrected chi connectivity index (χ2v) is 5.98. The molecule has 2 rings (SSSR count). The number of carbonyl (C=O) groups is 1. The molecule has 7 nitrogen and oxygen atoms in total. The van der Waals surface area contributed by atoms with Gasteiger partial charge in [-0.15, -0.1) is 5.10 Å². The molecule has 0 atom stereocenters. The summed E-state index contributed by atoms with van der Waals surface area (Å²) in [6.45, 7) is 5.96. The molecule has 0 aromatic carbocycles. The number of nitrogen functional groups attached to an aromatic ring is 1. The quantitative estimate of drug-likeness (QED) is 0.866. The molecule has 3 N–H and O–H groups in total. The van der Waals surface area contributed by atoms with Crippen molar-refractivity contribution in [1.29, 1.82) is 0 Å². The summed E-state index contributed by atoms with van der Waals surface area (Å²) in [6, 6.07) is 0. The van der Waals surface area contributed by atoms with E-state index in [4.69, 9.17) is 5.73 Å². The van der Waals surface area contributed by atoms with Gasteiger partial charge in [-0.1, -0.05) is 25.3 Å². The maximum Gasteiger partial charge on any atom is 0.270 e. The van der Waals surface area contributed by atoms with E-state index in [0.717, 1.165) is 11.5 Å². The van der Waals surface area contributed by atoms with Gasteiger partial charge in [0.15, 0.2) is 5.82 Å². The first-order valence-corrected chi connectivity index (χ1v) is 6.49. The van der Waals surface area contributed by atoms with Crippen LogP contribution in [0.3, 0.4) is 0 Å². The van der Waals surface area contributed by atoms with Crippen molar-refractivity contribution in [1.82, 2.24) is 19.4 Å². The number of carbonyl (C=O) groups excluding carboxylic acids is 1. The molecule has 0 radical (unpaired) electrons. The third-order valence-electron chi connectivity index (χ3n) is 2.60. The first-order chi connectivity index (χ1) is 8.80. The van der Waals surface area contributed by atoms with E-state index in [2.05, 4.69) is 20.0 Å². The zero-order chi connectivity index (χ0) is 14.2. The number of rotatable bonds is 2. The molecule has 2 heterocycles. The van der Waals surface area contributed by atoms with Crippen molar-refractivity contribution in [3.05, 3.63) is 16.8 Å². The molecule has 0 fully saturated rings. The third kappa shape index (κ3) is 2.58. The van der Waals surface area contributed by atoms with Crippen molar-refractivity contribution in [2.75, 3.05) is 11.1 Å². The largest absolute Gasteiger partial charge is 0.394 e. The van der Waals surface area contributed by atoms with Crippen LogP contribution >= 0.6 is 11.5 Å². The molecule has 2 aromatic heterocycles. The third-order valence-corrected chi connectivity index (χ3v) is 3.33. The molecular formula is C11H16N6OS. The van der Waals surface area contributed by atoms with Crippen LogP contribution in [0.2, 0.25) is 0 Å². The number of nitrogens with two attached hydrogens (primary N) is 1. The highest BCUT2D eigenvalue weighted by atomic mass is 32.1. The van der Waals surface area contributed by atoms with Crippen molar-refractivity contribution in [3.8, 4) is 0 Å². The number of hydrogen-bond acceptors (Lipinski definition) is 6. The fourth-order valence-corrected chi connectivity index (χ4v) is 2.37. The number of nitrogens with one attached hydrogen (secondary N) is 1. The van der Waals surface area contributed by atoms with Gasteiger partial charge in [0.1, 0.15) is 4.88 Å². The van der Waals surface area contributed by atoms with Gasteiger partial charge < -0.3 is 11.1 Å². The van der Waals surface area contributed by atoms with Crippen LogP contribution in [0.15, 0.2) is 6.20 Å². The number of aryl methyl sites for hydroxylation is 1. The van der Waals surface area contributed by atoms with E-state index < -0.39 is 0 Å². The Morgan fingerprint density at radius 2 is 2.16 bits per heavy atom. The predicted octanol–water partition coefficient (Wildman–Crippen LogP) is 1.40. The Morgan fingerprint density at radius 1 is 1.47 bits per heavy atom. The van der Waals surface area contributed by atoms with Crippen molar-refractivity contribution in [3.63, 3.8) is 0 Å². The summed E-state index contributed by atoms with van der Waals surface area (Å²) in [5.74, 6) is 0.202. The van der Waals surface area contributed by atoms with Crippen molar-refractivity contribution < 1.29 is 4.79 Å². The average molecular weight is 280 g/mol. The summed E-state index contributed by atoms with van der Waals surface area (Å²) in [4.78, 5) is 12.8. The molecule has 0 unspecified atom stereocenters. The minimum atomic E-state index is -0.268. The Bertz CT molecular complexity index is 589.